The standard InChI is InChI=1S/C16H20N4O4S/c21-14(17-7-11-2-1-5-23-11)12-6-16(24-19-12)3-4-20(9-16)15(22)13-8-25-10-18-13/h8,10-11H,1-7,9H2,(H,17,21)/t11-,16+/m0/s1. The van der Waals surface area contributed by atoms with Crippen LogP contribution in [0.1, 0.15) is 36.2 Å². The quantitative estimate of drug-likeness (QED) is 0.853. The van der Waals surface area contributed by atoms with Crippen molar-refractivity contribution >= 4 is 28.9 Å². The summed E-state index contributed by atoms with van der Waals surface area (Å²) in [5, 5.41) is 8.59. The summed E-state index contributed by atoms with van der Waals surface area (Å²) in [5.41, 5.74) is 1.91. The number of carbonyl (C=O) groups is 2. The molecule has 25 heavy (non-hydrogen) atoms. The fourth-order valence-electron chi connectivity index (χ4n) is 3.47. The smallest absolute Gasteiger partial charge is 0.273 e. The second-order valence-electron chi connectivity index (χ2n) is 6.68. The average Bonchev–Trinajstić information content (AvgIpc) is 3.41. The minimum Gasteiger partial charge on any atom is -0.386 e. The first kappa shape index (κ1) is 16.5. The molecule has 0 unspecified atom stereocenters. The predicted molar refractivity (Wildman–Crippen MR) is 90.5 cm³/mol. The number of hydrogen-bond donors (Lipinski definition) is 1. The van der Waals surface area contributed by atoms with E-state index in [0.29, 0.717) is 43.9 Å². The van der Waals surface area contributed by atoms with Gasteiger partial charge in [0.05, 0.1) is 18.2 Å². The fourth-order valence-corrected chi connectivity index (χ4v) is 4.00. The number of nitrogens with one attached hydrogen (secondary N) is 1. The molecular formula is C16H20N4O4S. The third-order valence-electron chi connectivity index (χ3n) is 4.87. The lowest BCUT2D eigenvalue weighted by molar-refractivity contribution is -0.115. The number of hydrogen-bond acceptors (Lipinski definition) is 7. The highest BCUT2D eigenvalue weighted by atomic mass is 32.1. The summed E-state index contributed by atoms with van der Waals surface area (Å²) in [6.45, 7) is 2.27. The van der Waals surface area contributed by atoms with Crippen LogP contribution < -0.4 is 5.32 Å². The number of likely N-dealkylation sites (tertiary alicyclic amines) is 1. The van der Waals surface area contributed by atoms with Gasteiger partial charge in [-0.2, -0.15) is 0 Å². The Kier molecular flexibility index (Phi) is 4.43. The lowest BCUT2D eigenvalue weighted by Crippen LogP contribution is -2.40. The highest BCUT2D eigenvalue weighted by Crippen LogP contribution is 2.34. The Hall–Kier alpha value is -2.00. The highest BCUT2D eigenvalue weighted by molar-refractivity contribution is 7.07. The van der Waals surface area contributed by atoms with Gasteiger partial charge in [0.2, 0.25) is 0 Å². The predicted octanol–water partition coefficient (Wildman–Crippen LogP) is 0.799. The molecular weight excluding hydrogens is 344 g/mol. The van der Waals surface area contributed by atoms with E-state index in [-0.39, 0.29) is 17.9 Å². The van der Waals surface area contributed by atoms with Crippen LogP contribution in [-0.4, -0.2) is 65.4 Å². The van der Waals surface area contributed by atoms with E-state index < -0.39 is 5.60 Å². The van der Waals surface area contributed by atoms with Crippen LogP contribution in [0, 0.1) is 0 Å². The Morgan fingerprint density at radius 1 is 1.48 bits per heavy atom. The van der Waals surface area contributed by atoms with Crippen molar-refractivity contribution in [3.63, 3.8) is 0 Å². The third kappa shape index (κ3) is 3.38. The molecule has 1 aromatic rings. The first-order valence-corrected chi connectivity index (χ1v) is 9.42. The van der Waals surface area contributed by atoms with Crippen molar-refractivity contribution in [2.45, 2.75) is 37.4 Å². The number of oxime groups is 1. The maximum atomic E-state index is 12.4. The van der Waals surface area contributed by atoms with Crippen LogP contribution in [0.15, 0.2) is 16.0 Å². The van der Waals surface area contributed by atoms with E-state index in [4.69, 9.17) is 9.57 Å². The number of nitrogens with zero attached hydrogens (tertiary/aromatic N) is 3. The second kappa shape index (κ2) is 6.72. The molecule has 4 heterocycles. The van der Waals surface area contributed by atoms with Crippen LogP contribution >= 0.6 is 11.3 Å². The van der Waals surface area contributed by atoms with Gasteiger partial charge in [-0.1, -0.05) is 5.16 Å². The van der Waals surface area contributed by atoms with Gasteiger partial charge in [-0.25, -0.2) is 4.98 Å². The van der Waals surface area contributed by atoms with Gasteiger partial charge in [0.15, 0.2) is 5.60 Å². The molecule has 0 aromatic carbocycles. The van der Waals surface area contributed by atoms with Crippen molar-refractivity contribution in [3.8, 4) is 0 Å². The first-order valence-electron chi connectivity index (χ1n) is 8.48. The van der Waals surface area contributed by atoms with Gasteiger partial charge >= 0.3 is 0 Å². The molecule has 1 aromatic heterocycles. The van der Waals surface area contributed by atoms with Crippen molar-refractivity contribution in [2.24, 2.45) is 5.16 Å². The van der Waals surface area contributed by atoms with Gasteiger partial charge in [0.1, 0.15) is 11.4 Å². The zero-order valence-corrected chi connectivity index (χ0v) is 14.6. The van der Waals surface area contributed by atoms with Gasteiger partial charge in [-0.3, -0.25) is 9.59 Å². The average molecular weight is 364 g/mol. The zero-order chi connectivity index (χ0) is 17.3. The SMILES string of the molecule is O=C(NC[C@@H]1CCCO1)C1=NO[C@]2(CCN(C(=O)c3cscn3)C2)C1. The minimum absolute atomic E-state index is 0.0959. The molecule has 0 radical (unpaired) electrons. The van der Waals surface area contributed by atoms with Gasteiger partial charge in [-0.15, -0.1) is 11.3 Å². The molecule has 0 saturated carbocycles. The Balaban J connectivity index is 1.30. The van der Waals surface area contributed by atoms with Crippen LogP contribution in [0.4, 0.5) is 0 Å². The van der Waals surface area contributed by atoms with E-state index in [2.05, 4.69) is 15.5 Å². The van der Waals surface area contributed by atoms with Crippen molar-refractivity contribution in [3.05, 3.63) is 16.6 Å². The topological polar surface area (TPSA) is 93.1 Å². The van der Waals surface area contributed by atoms with Gasteiger partial charge < -0.3 is 19.8 Å². The number of carbonyl (C=O) groups excluding carboxylic acids is 2. The lowest BCUT2D eigenvalue weighted by Gasteiger charge is -2.21. The molecule has 2 amide bonds. The number of amides is 2. The minimum atomic E-state index is -0.581. The summed E-state index contributed by atoms with van der Waals surface area (Å²) in [6.07, 6.45) is 3.19. The van der Waals surface area contributed by atoms with E-state index in [0.717, 1.165) is 19.4 Å². The maximum absolute atomic E-state index is 12.4. The van der Waals surface area contributed by atoms with E-state index in [1.165, 1.54) is 11.3 Å². The third-order valence-corrected chi connectivity index (χ3v) is 5.46. The molecule has 0 aliphatic carbocycles. The molecule has 0 bridgehead atoms. The van der Waals surface area contributed by atoms with E-state index >= 15 is 0 Å². The molecule has 2 atom stereocenters. The molecule has 4 rings (SSSR count). The summed E-state index contributed by atoms with van der Waals surface area (Å²) in [7, 11) is 0. The summed E-state index contributed by atoms with van der Waals surface area (Å²) < 4.78 is 5.50. The summed E-state index contributed by atoms with van der Waals surface area (Å²) in [6, 6.07) is 0. The number of ether oxygens (including phenoxy) is 1. The monoisotopic (exact) mass is 364 g/mol. The van der Waals surface area contributed by atoms with Crippen molar-refractivity contribution in [1.82, 2.24) is 15.2 Å². The van der Waals surface area contributed by atoms with Crippen LogP contribution in [0.3, 0.4) is 0 Å². The fraction of sp³-hybridized carbons (Fsp3) is 0.625. The van der Waals surface area contributed by atoms with Crippen LogP contribution in [0.25, 0.3) is 0 Å². The molecule has 3 aliphatic heterocycles. The number of aromatic nitrogens is 1. The van der Waals surface area contributed by atoms with E-state index in [9.17, 15) is 9.59 Å². The summed E-state index contributed by atoms with van der Waals surface area (Å²) in [5.74, 6) is -0.310. The molecule has 134 valence electrons. The molecule has 1 N–H and O–H groups in total. The summed E-state index contributed by atoms with van der Waals surface area (Å²) >= 11 is 1.39. The normalized spacial score (nSPS) is 28.2. The summed E-state index contributed by atoms with van der Waals surface area (Å²) in [4.78, 5) is 36.0. The van der Waals surface area contributed by atoms with Gasteiger partial charge in [-0.05, 0) is 12.8 Å². The number of thiazole rings is 1. The van der Waals surface area contributed by atoms with Crippen LogP contribution in [0.5, 0.6) is 0 Å². The Labute approximate surface area is 149 Å². The molecule has 8 nitrogen and oxygen atoms in total. The van der Waals surface area contributed by atoms with Crippen molar-refractivity contribution in [2.75, 3.05) is 26.2 Å². The van der Waals surface area contributed by atoms with E-state index in [1.54, 1.807) is 15.8 Å². The Morgan fingerprint density at radius 2 is 2.40 bits per heavy atom. The van der Waals surface area contributed by atoms with Crippen LogP contribution in [0.2, 0.25) is 0 Å². The lowest BCUT2D eigenvalue weighted by atomic mass is 9.96. The largest absolute Gasteiger partial charge is 0.386 e. The molecule has 9 heteroatoms. The Bertz CT molecular complexity index is 686. The zero-order valence-electron chi connectivity index (χ0n) is 13.8. The highest BCUT2D eigenvalue weighted by Gasteiger charge is 2.48. The molecule has 2 fully saturated rings. The maximum Gasteiger partial charge on any atom is 0.273 e. The van der Waals surface area contributed by atoms with Crippen molar-refractivity contribution < 1.29 is 19.2 Å². The van der Waals surface area contributed by atoms with Crippen LogP contribution in [-0.2, 0) is 14.4 Å². The number of rotatable bonds is 4. The first-order chi connectivity index (χ1) is 12.2. The van der Waals surface area contributed by atoms with Crippen molar-refractivity contribution in [1.29, 1.82) is 0 Å². The Morgan fingerprint density at radius 3 is 3.16 bits per heavy atom. The second-order valence-corrected chi connectivity index (χ2v) is 7.40. The molecule has 3 aliphatic rings. The van der Waals surface area contributed by atoms with E-state index in [1.807, 2.05) is 0 Å². The van der Waals surface area contributed by atoms with Gasteiger partial charge in [0, 0.05) is 37.9 Å². The molecule has 2 saturated heterocycles. The molecule has 1 spiro atoms. The van der Waals surface area contributed by atoms with Gasteiger partial charge in [0.25, 0.3) is 11.8 Å².